The van der Waals surface area contributed by atoms with Gasteiger partial charge in [-0.2, -0.15) is 0 Å². The number of hydrogen-bond acceptors (Lipinski definition) is 4. The minimum absolute atomic E-state index is 0.131. The maximum atomic E-state index is 14.3. The average molecular weight is 791 g/mol. The largest absolute Gasteiger partial charge is 0.356 e. The zero-order chi connectivity index (χ0) is 42.5. The van der Waals surface area contributed by atoms with Crippen LogP contribution in [0.25, 0.3) is 0 Å². The fraction of sp³-hybridized carbons (Fsp3) is 0.917. The smallest absolute Gasteiger partial charge is 0.224 e. The molecule has 0 saturated carbocycles. The molecule has 4 N–H and O–H groups in total. The molecule has 0 fully saturated rings. The number of carbonyl (C=O) groups excluding carboxylic acids is 4. The highest BCUT2D eigenvalue weighted by Crippen LogP contribution is 2.26. The van der Waals surface area contributed by atoms with Crippen LogP contribution in [0.4, 0.5) is 0 Å². The molecule has 8 heteroatoms. The van der Waals surface area contributed by atoms with E-state index in [1.54, 1.807) is 0 Å². The van der Waals surface area contributed by atoms with Gasteiger partial charge in [0.25, 0.3) is 0 Å². The fourth-order valence-electron chi connectivity index (χ4n) is 8.96. The Morgan fingerprint density at radius 2 is 0.607 bits per heavy atom. The summed E-state index contributed by atoms with van der Waals surface area (Å²) in [6.45, 7) is 28.4. The van der Waals surface area contributed by atoms with Crippen LogP contribution in [0.1, 0.15) is 199 Å². The molecule has 0 heterocycles. The van der Waals surface area contributed by atoms with Crippen LogP contribution in [0.2, 0.25) is 0 Å². The molecule has 0 aromatic heterocycles. The Morgan fingerprint density at radius 3 is 0.821 bits per heavy atom. The first kappa shape index (κ1) is 53.9. The van der Waals surface area contributed by atoms with E-state index in [-0.39, 0.29) is 48.3 Å². The molecule has 0 spiro atoms. The molecular weight excluding hydrogens is 697 g/mol. The molecule has 0 rings (SSSR count). The summed E-state index contributed by atoms with van der Waals surface area (Å²) in [5, 5.41) is 12.5. The second-order valence-electron chi connectivity index (χ2n) is 18.3. The van der Waals surface area contributed by atoms with Crippen LogP contribution in [0.3, 0.4) is 0 Å². The van der Waals surface area contributed by atoms with Gasteiger partial charge in [0.1, 0.15) is 0 Å². The molecular formula is C48H94N4O4. The summed E-state index contributed by atoms with van der Waals surface area (Å²) in [5.41, 5.74) is 0. The monoisotopic (exact) mass is 791 g/mol. The van der Waals surface area contributed by atoms with Crippen molar-refractivity contribution < 1.29 is 19.2 Å². The van der Waals surface area contributed by atoms with Gasteiger partial charge in [-0.1, -0.05) is 160 Å². The van der Waals surface area contributed by atoms with Crippen molar-refractivity contribution in [3.05, 3.63) is 0 Å². The zero-order valence-electron chi connectivity index (χ0n) is 39.0. The summed E-state index contributed by atoms with van der Waals surface area (Å²) in [6.07, 6.45) is 17.6. The number of amides is 4. The van der Waals surface area contributed by atoms with E-state index in [2.05, 4.69) is 104 Å². The van der Waals surface area contributed by atoms with E-state index in [9.17, 15) is 19.2 Å². The molecule has 10 atom stereocenters. The summed E-state index contributed by atoms with van der Waals surface area (Å²) < 4.78 is 0. The SMILES string of the molecule is CCCC(CC)CC(C)CNC(=O)CC(C(=O)NCC(C)CC(CC)CCC)C(CC(=O)NCC(C)CC(CC)CCC)C(=O)NCC(C)CC(CC)CCC. The van der Waals surface area contributed by atoms with Gasteiger partial charge in [0.15, 0.2) is 0 Å². The topological polar surface area (TPSA) is 116 Å². The van der Waals surface area contributed by atoms with Gasteiger partial charge < -0.3 is 21.3 Å². The first-order valence-corrected chi connectivity index (χ1v) is 23.8. The summed E-state index contributed by atoms with van der Waals surface area (Å²) in [6, 6.07) is 0. The fourth-order valence-corrected chi connectivity index (χ4v) is 8.96. The quantitative estimate of drug-likeness (QED) is 0.0511. The zero-order valence-corrected chi connectivity index (χ0v) is 39.0. The second kappa shape index (κ2) is 32.8. The third-order valence-corrected chi connectivity index (χ3v) is 12.6. The van der Waals surface area contributed by atoms with Gasteiger partial charge in [-0.25, -0.2) is 0 Å². The summed E-state index contributed by atoms with van der Waals surface area (Å²) in [7, 11) is 0. The van der Waals surface area contributed by atoms with E-state index in [4.69, 9.17) is 0 Å². The summed E-state index contributed by atoms with van der Waals surface area (Å²) in [5.74, 6) is 0.542. The van der Waals surface area contributed by atoms with Crippen LogP contribution in [0.15, 0.2) is 0 Å². The molecule has 8 nitrogen and oxygen atoms in total. The molecule has 0 aliphatic carbocycles. The van der Waals surface area contributed by atoms with Gasteiger partial charge in [-0.15, -0.1) is 0 Å². The highest BCUT2D eigenvalue weighted by Gasteiger charge is 2.37. The van der Waals surface area contributed by atoms with Crippen LogP contribution in [0.5, 0.6) is 0 Å². The van der Waals surface area contributed by atoms with Crippen LogP contribution in [-0.4, -0.2) is 49.8 Å². The predicted molar refractivity (Wildman–Crippen MR) is 238 cm³/mol. The lowest BCUT2D eigenvalue weighted by atomic mass is 9.83. The van der Waals surface area contributed by atoms with Crippen molar-refractivity contribution in [2.24, 2.45) is 59.2 Å². The highest BCUT2D eigenvalue weighted by molar-refractivity contribution is 5.93. The normalized spacial score (nSPS) is 17.0. The Hall–Kier alpha value is -2.12. The van der Waals surface area contributed by atoms with E-state index in [1.165, 1.54) is 12.8 Å². The highest BCUT2D eigenvalue weighted by atomic mass is 16.2. The molecule has 4 amide bonds. The average Bonchev–Trinajstić information content (AvgIpc) is 3.17. The van der Waals surface area contributed by atoms with Gasteiger partial charge >= 0.3 is 0 Å². The third kappa shape index (κ3) is 24.6. The molecule has 0 saturated heterocycles. The number of rotatable bonds is 35. The second-order valence-corrected chi connectivity index (χ2v) is 18.3. The molecule has 10 unspecified atom stereocenters. The third-order valence-electron chi connectivity index (χ3n) is 12.6. The number of nitrogens with one attached hydrogen (secondary N) is 4. The molecule has 330 valence electrons. The van der Waals surface area contributed by atoms with Gasteiger partial charge in [-0.05, 0) is 73.0 Å². The Balaban J connectivity index is 6.35. The molecule has 0 aromatic carbocycles. The maximum Gasteiger partial charge on any atom is 0.224 e. The van der Waals surface area contributed by atoms with Crippen molar-refractivity contribution in [1.82, 2.24) is 21.3 Å². The van der Waals surface area contributed by atoms with Crippen molar-refractivity contribution in [1.29, 1.82) is 0 Å². The van der Waals surface area contributed by atoms with Crippen molar-refractivity contribution in [2.75, 3.05) is 26.2 Å². The van der Waals surface area contributed by atoms with Crippen LogP contribution in [0, 0.1) is 59.2 Å². The van der Waals surface area contributed by atoms with E-state index >= 15 is 0 Å². The minimum atomic E-state index is -0.963. The van der Waals surface area contributed by atoms with Gasteiger partial charge in [0, 0.05) is 39.0 Å². The molecule has 56 heavy (non-hydrogen) atoms. The number of hydrogen-bond donors (Lipinski definition) is 4. The first-order valence-electron chi connectivity index (χ1n) is 23.8. The Bertz CT molecular complexity index is 957. The molecule has 0 radical (unpaired) electrons. The summed E-state index contributed by atoms with van der Waals surface area (Å²) in [4.78, 5) is 55.9. The Morgan fingerprint density at radius 1 is 0.375 bits per heavy atom. The predicted octanol–water partition coefficient (Wildman–Crippen LogP) is 10.9. The first-order chi connectivity index (χ1) is 26.7. The van der Waals surface area contributed by atoms with Crippen LogP contribution < -0.4 is 21.3 Å². The molecule has 0 aliphatic heterocycles. The minimum Gasteiger partial charge on any atom is -0.356 e. The lowest BCUT2D eigenvalue weighted by Crippen LogP contribution is -2.47. The molecule has 0 bridgehead atoms. The van der Waals surface area contributed by atoms with Crippen molar-refractivity contribution in [3.8, 4) is 0 Å². The maximum absolute atomic E-state index is 14.3. The van der Waals surface area contributed by atoms with E-state index in [1.807, 2.05) is 0 Å². The van der Waals surface area contributed by atoms with Crippen molar-refractivity contribution >= 4 is 23.6 Å². The molecule has 0 aromatic rings. The molecule has 0 aliphatic rings. The van der Waals surface area contributed by atoms with Crippen LogP contribution in [-0.2, 0) is 19.2 Å². The van der Waals surface area contributed by atoms with Gasteiger partial charge in [0.05, 0.1) is 11.8 Å². The van der Waals surface area contributed by atoms with Crippen molar-refractivity contribution in [2.45, 2.75) is 199 Å². The Labute approximate surface area is 347 Å². The number of carbonyl (C=O) groups is 4. The lowest BCUT2D eigenvalue weighted by Gasteiger charge is -2.28. The Kier molecular flexibility index (Phi) is 31.6. The van der Waals surface area contributed by atoms with Gasteiger partial charge in [-0.3, -0.25) is 19.2 Å². The lowest BCUT2D eigenvalue weighted by molar-refractivity contribution is -0.140. The van der Waals surface area contributed by atoms with Crippen molar-refractivity contribution in [3.63, 3.8) is 0 Å². The van der Waals surface area contributed by atoms with E-state index in [0.29, 0.717) is 61.7 Å². The van der Waals surface area contributed by atoms with Gasteiger partial charge in [0.2, 0.25) is 23.6 Å². The summed E-state index contributed by atoms with van der Waals surface area (Å²) >= 11 is 0. The van der Waals surface area contributed by atoms with E-state index in [0.717, 1.165) is 89.9 Å². The van der Waals surface area contributed by atoms with Crippen LogP contribution >= 0.6 is 0 Å². The standard InChI is InChI=1S/C48H94N4O4/c1-13-21-39(17-5)25-35(9)31-49-45(53)29-43(47(55)51-33-37(11)27-41(19-7)23-15-3)44(48(56)52-34-38(12)28-42(20-8)24-16-4)30-46(54)50-32-36(10)26-40(18-6)22-14-2/h35-44H,13-34H2,1-12H3,(H,49,53)(H,50,54)(H,51,55)(H,52,56). The van der Waals surface area contributed by atoms with E-state index < -0.39 is 11.8 Å².